The van der Waals surface area contributed by atoms with Crippen LogP contribution in [0.2, 0.25) is 0 Å². The van der Waals surface area contributed by atoms with Gasteiger partial charge >= 0.3 is 5.97 Å². The summed E-state index contributed by atoms with van der Waals surface area (Å²) < 4.78 is 5.41. The molecule has 1 heterocycles. The van der Waals surface area contributed by atoms with E-state index >= 15 is 0 Å². The molecule has 1 aromatic carbocycles. The minimum Gasteiger partial charge on any atom is -0.465 e. The molecule has 6 nitrogen and oxygen atoms in total. The number of ether oxygens (including phenoxy) is 1. The number of fused-ring (bicyclic) bond motifs is 1. The molecule has 0 saturated carbocycles. The normalized spacial score (nSPS) is 22.2. The first kappa shape index (κ1) is 23.8. The fraction of sp³-hybridized carbons (Fsp3) is 0.500. The molecule has 0 radical (unpaired) electrons. The monoisotopic (exact) mass is 438 g/mol. The number of aryl methyl sites for hydroxylation is 1. The van der Waals surface area contributed by atoms with Crippen LogP contribution in [0.3, 0.4) is 0 Å². The van der Waals surface area contributed by atoms with Crippen molar-refractivity contribution in [1.29, 1.82) is 0 Å². The van der Waals surface area contributed by atoms with E-state index in [0.29, 0.717) is 25.2 Å². The molecule has 2 atom stereocenters. The highest BCUT2D eigenvalue weighted by Gasteiger charge is 2.61. The van der Waals surface area contributed by atoms with Crippen molar-refractivity contribution in [3.8, 4) is 0 Å². The summed E-state index contributed by atoms with van der Waals surface area (Å²) in [6, 6.07) is 10.3. The topological polar surface area (TPSA) is 75.7 Å². The van der Waals surface area contributed by atoms with Gasteiger partial charge in [-0.05, 0) is 51.0 Å². The summed E-state index contributed by atoms with van der Waals surface area (Å²) in [6.45, 7) is 6.63. The zero-order valence-electron chi connectivity index (χ0n) is 19.0. The zero-order valence-corrected chi connectivity index (χ0v) is 19.0. The smallest absolute Gasteiger partial charge is 0.318 e. The average Bonchev–Trinajstić information content (AvgIpc) is 3.04. The molecule has 0 aromatic heterocycles. The van der Waals surface area contributed by atoms with Gasteiger partial charge in [0.15, 0.2) is 0 Å². The van der Waals surface area contributed by atoms with Crippen molar-refractivity contribution in [2.75, 3.05) is 19.7 Å². The van der Waals surface area contributed by atoms with E-state index in [1.165, 1.54) is 5.56 Å². The van der Waals surface area contributed by atoms with Crippen molar-refractivity contribution in [1.82, 2.24) is 10.2 Å². The quantitative estimate of drug-likeness (QED) is 0.324. The number of likely N-dealkylation sites (tertiary alicyclic amines) is 1. The summed E-state index contributed by atoms with van der Waals surface area (Å²) in [5, 5.41) is 2.95. The summed E-state index contributed by atoms with van der Waals surface area (Å²) in [5.74, 6) is -1.52. The summed E-state index contributed by atoms with van der Waals surface area (Å²) in [5.41, 5.74) is 0.900. The highest BCUT2D eigenvalue weighted by Crippen LogP contribution is 2.53. The van der Waals surface area contributed by atoms with Crippen LogP contribution in [0, 0.1) is 11.3 Å². The molecule has 3 rings (SSSR count). The Morgan fingerprint density at radius 1 is 1.28 bits per heavy atom. The largest absolute Gasteiger partial charge is 0.465 e. The molecule has 0 bridgehead atoms. The van der Waals surface area contributed by atoms with Crippen LogP contribution in [0.5, 0.6) is 0 Å². The maximum Gasteiger partial charge on any atom is 0.318 e. The summed E-state index contributed by atoms with van der Waals surface area (Å²) in [6.07, 6.45) is 8.51. The number of carbonyl (C=O) groups is 3. The summed E-state index contributed by atoms with van der Waals surface area (Å²) >= 11 is 0. The minimum absolute atomic E-state index is 0.0126. The van der Waals surface area contributed by atoms with Crippen LogP contribution in [0.25, 0.3) is 0 Å². The second-order valence-electron chi connectivity index (χ2n) is 8.46. The molecule has 172 valence electrons. The number of unbranched alkanes of at least 4 members (excludes halogenated alkanes) is 1. The molecule has 1 N–H and O–H groups in total. The maximum atomic E-state index is 13.3. The second-order valence-corrected chi connectivity index (χ2v) is 8.46. The third kappa shape index (κ3) is 4.95. The maximum absolute atomic E-state index is 13.3. The minimum atomic E-state index is -1.07. The Hall–Kier alpha value is -2.89. The van der Waals surface area contributed by atoms with E-state index in [-0.39, 0.29) is 24.8 Å². The molecule has 2 amide bonds. The van der Waals surface area contributed by atoms with Gasteiger partial charge in [-0.25, -0.2) is 0 Å². The number of nitrogens with one attached hydrogen (secondary N) is 1. The molecule has 2 aliphatic rings. The van der Waals surface area contributed by atoms with Gasteiger partial charge in [0.25, 0.3) is 0 Å². The van der Waals surface area contributed by atoms with Crippen LogP contribution in [0.15, 0.2) is 54.8 Å². The number of allylic oxidation sites excluding steroid dienone is 1. The predicted molar refractivity (Wildman–Crippen MR) is 123 cm³/mol. The van der Waals surface area contributed by atoms with E-state index in [9.17, 15) is 14.4 Å². The van der Waals surface area contributed by atoms with Crippen LogP contribution in [0.4, 0.5) is 0 Å². The van der Waals surface area contributed by atoms with Crippen molar-refractivity contribution in [2.24, 2.45) is 11.3 Å². The number of esters is 1. The van der Waals surface area contributed by atoms with Gasteiger partial charge in [-0.2, -0.15) is 0 Å². The van der Waals surface area contributed by atoms with Crippen LogP contribution < -0.4 is 5.32 Å². The Labute approximate surface area is 190 Å². The van der Waals surface area contributed by atoms with E-state index in [4.69, 9.17) is 4.74 Å². The molecule has 1 aromatic rings. The standard InChI is InChI=1S/C26H34N2O4/c1-3-18-28-22-15-8-10-16-26(22,25(31)32-4-2)21(24(28)30)19-23(29)27-17-11-9-14-20-12-6-5-7-13-20/h3,5-7,12-13,15,21H,1,4,8-11,14,16-19H2,2H3,(H,27,29)/t21-,26-/m0/s1. The molecule has 0 spiro atoms. The van der Waals surface area contributed by atoms with Crippen LogP contribution in [-0.2, 0) is 25.5 Å². The molecule has 1 saturated heterocycles. The third-order valence-electron chi connectivity index (χ3n) is 6.42. The summed E-state index contributed by atoms with van der Waals surface area (Å²) in [4.78, 5) is 40.8. The molecular formula is C26H34N2O4. The second kappa shape index (κ2) is 11.1. The fourth-order valence-electron chi connectivity index (χ4n) is 4.92. The van der Waals surface area contributed by atoms with Gasteiger partial charge in [0, 0.05) is 25.2 Å². The SMILES string of the molecule is C=CCN1C(=O)[C@H](CC(=O)NCCCCc2ccccc2)[C@@]2(C(=O)OCC)CCCC=C12. The van der Waals surface area contributed by atoms with Crippen LogP contribution >= 0.6 is 0 Å². The van der Waals surface area contributed by atoms with Crippen molar-refractivity contribution in [3.05, 3.63) is 60.3 Å². The van der Waals surface area contributed by atoms with Gasteiger partial charge in [0.1, 0.15) is 5.41 Å². The van der Waals surface area contributed by atoms with E-state index in [1.54, 1.807) is 17.9 Å². The number of hydrogen-bond donors (Lipinski definition) is 1. The number of benzene rings is 1. The predicted octanol–water partition coefficient (Wildman–Crippen LogP) is 3.78. The Balaban J connectivity index is 1.64. The van der Waals surface area contributed by atoms with Gasteiger partial charge in [0.05, 0.1) is 12.5 Å². The Morgan fingerprint density at radius 2 is 2.06 bits per heavy atom. The first-order chi connectivity index (χ1) is 15.5. The van der Waals surface area contributed by atoms with Gasteiger partial charge in [0.2, 0.25) is 11.8 Å². The molecule has 1 fully saturated rings. The van der Waals surface area contributed by atoms with E-state index < -0.39 is 17.3 Å². The van der Waals surface area contributed by atoms with E-state index in [0.717, 1.165) is 32.1 Å². The fourth-order valence-corrected chi connectivity index (χ4v) is 4.92. The lowest BCUT2D eigenvalue weighted by Crippen LogP contribution is -2.43. The number of nitrogens with zero attached hydrogens (tertiary/aromatic N) is 1. The molecule has 1 aliphatic carbocycles. The molecule has 32 heavy (non-hydrogen) atoms. The number of hydrogen-bond acceptors (Lipinski definition) is 4. The lowest BCUT2D eigenvalue weighted by Gasteiger charge is -2.35. The number of carbonyl (C=O) groups excluding carboxylic acids is 3. The zero-order chi connectivity index (χ0) is 23.0. The van der Waals surface area contributed by atoms with Crippen molar-refractivity contribution in [3.63, 3.8) is 0 Å². The molecule has 0 unspecified atom stereocenters. The lowest BCUT2D eigenvalue weighted by atomic mass is 9.68. The number of rotatable bonds is 11. The van der Waals surface area contributed by atoms with E-state index in [1.807, 2.05) is 24.3 Å². The van der Waals surface area contributed by atoms with Crippen molar-refractivity contribution >= 4 is 17.8 Å². The van der Waals surface area contributed by atoms with Crippen molar-refractivity contribution in [2.45, 2.75) is 51.9 Å². The Bertz CT molecular complexity index is 864. The lowest BCUT2D eigenvalue weighted by molar-refractivity contribution is -0.158. The molecule has 1 aliphatic heterocycles. The van der Waals surface area contributed by atoms with Gasteiger partial charge in [-0.15, -0.1) is 6.58 Å². The average molecular weight is 439 g/mol. The Morgan fingerprint density at radius 3 is 2.78 bits per heavy atom. The Kier molecular flexibility index (Phi) is 8.26. The summed E-state index contributed by atoms with van der Waals surface area (Å²) in [7, 11) is 0. The highest BCUT2D eigenvalue weighted by molar-refractivity contribution is 5.99. The third-order valence-corrected chi connectivity index (χ3v) is 6.42. The molecule has 6 heteroatoms. The van der Waals surface area contributed by atoms with Gasteiger partial charge in [-0.3, -0.25) is 14.4 Å². The molecular weight excluding hydrogens is 404 g/mol. The van der Waals surface area contributed by atoms with E-state index in [2.05, 4.69) is 24.0 Å². The highest BCUT2D eigenvalue weighted by atomic mass is 16.5. The number of amides is 2. The first-order valence-electron chi connectivity index (χ1n) is 11.6. The van der Waals surface area contributed by atoms with Crippen LogP contribution in [0.1, 0.15) is 51.0 Å². The van der Waals surface area contributed by atoms with Crippen molar-refractivity contribution < 1.29 is 19.1 Å². The first-order valence-corrected chi connectivity index (χ1v) is 11.6. The van der Waals surface area contributed by atoms with Crippen LogP contribution in [-0.4, -0.2) is 42.4 Å². The van der Waals surface area contributed by atoms with Gasteiger partial charge < -0.3 is 15.0 Å². The van der Waals surface area contributed by atoms with Gasteiger partial charge in [-0.1, -0.05) is 42.5 Å².